The van der Waals surface area contributed by atoms with Gasteiger partial charge in [0.1, 0.15) is 0 Å². The molecule has 21 heavy (non-hydrogen) atoms. The Morgan fingerprint density at radius 3 is 2.52 bits per heavy atom. The molecule has 2 nitrogen and oxygen atoms in total. The van der Waals surface area contributed by atoms with Gasteiger partial charge in [0.15, 0.2) is 0 Å². The normalized spacial score (nSPS) is 23.7. The van der Waals surface area contributed by atoms with Crippen LogP contribution in [0.5, 0.6) is 0 Å². The van der Waals surface area contributed by atoms with Gasteiger partial charge >= 0.3 is 0 Å². The number of benzene rings is 1. The van der Waals surface area contributed by atoms with E-state index in [1.807, 2.05) is 0 Å². The highest BCUT2D eigenvalue weighted by atomic mass is 15.1. The van der Waals surface area contributed by atoms with Crippen molar-refractivity contribution in [2.75, 3.05) is 19.6 Å². The standard InChI is InChI=1S/C19H32N2/c1-15(2)20-11-9-18-7-5-6-8-19(18)14-21-12-10-16(3)17(4)13-21/h5-8,15-17,20H,9-14H2,1-4H3. The third-order valence-corrected chi connectivity index (χ3v) is 4.88. The lowest BCUT2D eigenvalue weighted by molar-refractivity contribution is 0.132. The monoisotopic (exact) mass is 288 g/mol. The summed E-state index contributed by atoms with van der Waals surface area (Å²) in [6, 6.07) is 9.54. The van der Waals surface area contributed by atoms with Crippen LogP contribution in [0.25, 0.3) is 0 Å². The van der Waals surface area contributed by atoms with Crippen molar-refractivity contribution in [3.05, 3.63) is 35.4 Å². The number of hydrogen-bond donors (Lipinski definition) is 1. The van der Waals surface area contributed by atoms with Crippen molar-refractivity contribution in [2.24, 2.45) is 11.8 Å². The minimum atomic E-state index is 0.571. The SMILES string of the molecule is CC(C)NCCc1ccccc1CN1CCC(C)C(C)C1. The fourth-order valence-electron chi connectivity index (χ4n) is 3.18. The van der Waals surface area contributed by atoms with Crippen molar-refractivity contribution in [3.63, 3.8) is 0 Å². The molecule has 2 atom stereocenters. The van der Waals surface area contributed by atoms with Crippen LogP contribution in [0.15, 0.2) is 24.3 Å². The van der Waals surface area contributed by atoms with Crippen LogP contribution in [0.3, 0.4) is 0 Å². The molecule has 1 saturated heterocycles. The first-order valence-electron chi connectivity index (χ1n) is 8.58. The Balaban J connectivity index is 1.93. The van der Waals surface area contributed by atoms with E-state index in [-0.39, 0.29) is 0 Å². The maximum absolute atomic E-state index is 3.52. The maximum Gasteiger partial charge on any atom is 0.0236 e. The van der Waals surface area contributed by atoms with Gasteiger partial charge in [0.25, 0.3) is 0 Å². The van der Waals surface area contributed by atoms with E-state index in [1.165, 1.54) is 30.6 Å². The van der Waals surface area contributed by atoms with Crippen LogP contribution in [0.4, 0.5) is 0 Å². The largest absolute Gasteiger partial charge is 0.314 e. The first kappa shape index (κ1) is 16.5. The van der Waals surface area contributed by atoms with Gasteiger partial charge in [-0.3, -0.25) is 4.90 Å². The van der Waals surface area contributed by atoms with Gasteiger partial charge < -0.3 is 5.32 Å². The second kappa shape index (κ2) is 7.95. The zero-order valence-electron chi connectivity index (χ0n) is 14.2. The van der Waals surface area contributed by atoms with Crippen molar-refractivity contribution < 1.29 is 0 Å². The molecule has 1 aliphatic rings. The summed E-state index contributed by atoms with van der Waals surface area (Å²) < 4.78 is 0. The average Bonchev–Trinajstić information content (AvgIpc) is 2.44. The van der Waals surface area contributed by atoms with Gasteiger partial charge in [0.2, 0.25) is 0 Å². The fourth-order valence-corrected chi connectivity index (χ4v) is 3.18. The maximum atomic E-state index is 3.52. The summed E-state index contributed by atoms with van der Waals surface area (Å²) in [5, 5.41) is 3.52. The highest BCUT2D eigenvalue weighted by Crippen LogP contribution is 2.24. The van der Waals surface area contributed by atoms with Crippen LogP contribution in [-0.4, -0.2) is 30.6 Å². The lowest BCUT2D eigenvalue weighted by Crippen LogP contribution is -2.38. The van der Waals surface area contributed by atoms with Crippen molar-refractivity contribution in [3.8, 4) is 0 Å². The van der Waals surface area contributed by atoms with Crippen LogP contribution in [-0.2, 0) is 13.0 Å². The summed E-state index contributed by atoms with van der Waals surface area (Å²) in [7, 11) is 0. The van der Waals surface area contributed by atoms with Gasteiger partial charge in [0.05, 0.1) is 0 Å². The molecule has 0 radical (unpaired) electrons. The lowest BCUT2D eigenvalue weighted by atomic mass is 9.88. The van der Waals surface area contributed by atoms with E-state index >= 15 is 0 Å². The van der Waals surface area contributed by atoms with E-state index in [9.17, 15) is 0 Å². The van der Waals surface area contributed by atoms with E-state index in [0.29, 0.717) is 6.04 Å². The van der Waals surface area contributed by atoms with Crippen LogP contribution in [0, 0.1) is 11.8 Å². The molecule has 0 bridgehead atoms. The number of nitrogens with zero attached hydrogens (tertiary/aromatic N) is 1. The van der Waals surface area contributed by atoms with Crippen LogP contribution < -0.4 is 5.32 Å². The van der Waals surface area contributed by atoms with Gasteiger partial charge in [-0.1, -0.05) is 52.0 Å². The molecule has 1 heterocycles. The summed E-state index contributed by atoms with van der Waals surface area (Å²) in [4.78, 5) is 2.64. The molecule has 0 aromatic heterocycles. The van der Waals surface area contributed by atoms with Crippen molar-refractivity contribution in [1.29, 1.82) is 0 Å². The van der Waals surface area contributed by atoms with Gasteiger partial charge in [0, 0.05) is 19.1 Å². The van der Waals surface area contributed by atoms with E-state index in [0.717, 1.165) is 31.3 Å². The Morgan fingerprint density at radius 1 is 1.14 bits per heavy atom. The molecule has 1 fully saturated rings. The quantitative estimate of drug-likeness (QED) is 0.858. The topological polar surface area (TPSA) is 15.3 Å². The van der Waals surface area contributed by atoms with Gasteiger partial charge in [-0.2, -0.15) is 0 Å². The third kappa shape index (κ3) is 5.12. The lowest BCUT2D eigenvalue weighted by Gasteiger charge is -2.35. The van der Waals surface area contributed by atoms with E-state index in [1.54, 1.807) is 0 Å². The highest BCUT2D eigenvalue weighted by Gasteiger charge is 2.22. The summed E-state index contributed by atoms with van der Waals surface area (Å²) in [6.07, 6.45) is 2.48. The Labute approximate surface area is 130 Å². The van der Waals surface area contributed by atoms with Gasteiger partial charge in [-0.05, 0) is 48.9 Å². The Morgan fingerprint density at radius 2 is 1.86 bits per heavy atom. The second-order valence-electron chi connectivity index (χ2n) is 7.11. The Hall–Kier alpha value is -0.860. The first-order valence-corrected chi connectivity index (χ1v) is 8.58. The molecular weight excluding hydrogens is 256 g/mol. The van der Waals surface area contributed by atoms with Crippen molar-refractivity contribution >= 4 is 0 Å². The third-order valence-electron chi connectivity index (χ3n) is 4.88. The molecule has 118 valence electrons. The van der Waals surface area contributed by atoms with Crippen molar-refractivity contribution in [2.45, 2.75) is 53.1 Å². The molecule has 1 aliphatic heterocycles. The van der Waals surface area contributed by atoms with Crippen LogP contribution >= 0.6 is 0 Å². The van der Waals surface area contributed by atoms with E-state index < -0.39 is 0 Å². The number of piperidine rings is 1. The molecule has 0 saturated carbocycles. The zero-order chi connectivity index (χ0) is 15.2. The van der Waals surface area contributed by atoms with Crippen LogP contribution in [0.2, 0.25) is 0 Å². The molecule has 0 aliphatic carbocycles. The number of nitrogens with one attached hydrogen (secondary N) is 1. The molecule has 2 heteroatoms. The van der Waals surface area contributed by atoms with Gasteiger partial charge in [-0.25, -0.2) is 0 Å². The summed E-state index contributed by atoms with van der Waals surface area (Å²) in [5.41, 5.74) is 3.03. The second-order valence-corrected chi connectivity index (χ2v) is 7.11. The smallest absolute Gasteiger partial charge is 0.0236 e. The Kier molecular flexibility index (Phi) is 6.25. The van der Waals surface area contributed by atoms with Gasteiger partial charge in [-0.15, -0.1) is 0 Å². The van der Waals surface area contributed by atoms with E-state index in [4.69, 9.17) is 0 Å². The molecule has 1 aromatic rings. The molecule has 1 N–H and O–H groups in total. The molecular formula is C19H32N2. The minimum absolute atomic E-state index is 0.571. The average molecular weight is 288 g/mol. The molecule has 2 rings (SSSR count). The first-order chi connectivity index (χ1) is 10.1. The Bertz CT molecular complexity index is 427. The highest BCUT2D eigenvalue weighted by molar-refractivity contribution is 5.27. The molecule has 0 spiro atoms. The fraction of sp³-hybridized carbons (Fsp3) is 0.684. The molecule has 0 amide bonds. The predicted molar refractivity (Wildman–Crippen MR) is 91.5 cm³/mol. The minimum Gasteiger partial charge on any atom is -0.314 e. The number of rotatable bonds is 6. The summed E-state index contributed by atoms with van der Waals surface area (Å²) in [6.45, 7) is 13.9. The molecule has 1 aromatic carbocycles. The van der Waals surface area contributed by atoms with E-state index in [2.05, 4.69) is 62.2 Å². The van der Waals surface area contributed by atoms with Crippen LogP contribution in [0.1, 0.15) is 45.2 Å². The van der Waals surface area contributed by atoms with Crippen molar-refractivity contribution in [1.82, 2.24) is 10.2 Å². The molecule has 2 unspecified atom stereocenters. The number of likely N-dealkylation sites (tertiary alicyclic amines) is 1. The summed E-state index contributed by atoms with van der Waals surface area (Å²) in [5.74, 6) is 1.71. The summed E-state index contributed by atoms with van der Waals surface area (Å²) >= 11 is 0. The zero-order valence-corrected chi connectivity index (χ0v) is 14.2. The number of hydrogen-bond acceptors (Lipinski definition) is 2. The predicted octanol–water partition coefficient (Wildman–Crippen LogP) is 3.71.